The lowest BCUT2D eigenvalue weighted by molar-refractivity contribution is -0.112. The van der Waals surface area contributed by atoms with Crippen molar-refractivity contribution in [3.8, 4) is 23.3 Å². The second kappa shape index (κ2) is 11.4. The predicted molar refractivity (Wildman–Crippen MR) is 128 cm³/mol. The molecule has 0 saturated heterocycles. The number of methoxy groups -OCH3 is 1. The van der Waals surface area contributed by atoms with Crippen molar-refractivity contribution in [2.45, 2.75) is 20.5 Å². The number of carbonyl (C=O) groups is 1. The zero-order valence-corrected chi connectivity index (χ0v) is 18.9. The van der Waals surface area contributed by atoms with Crippen LogP contribution in [-0.4, -0.2) is 19.6 Å². The minimum atomic E-state index is -0.500. The van der Waals surface area contributed by atoms with Gasteiger partial charge in [-0.1, -0.05) is 35.9 Å². The van der Waals surface area contributed by atoms with Crippen molar-refractivity contribution in [2.24, 2.45) is 0 Å². The van der Waals surface area contributed by atoms with E-state index >= 15 is 0 Å². The van der Waals surface area contributed by atoms with Crippen molar-refractivity contribution in [1.82, 2.24) is 0 Å². The summed E-state index contributed by atoms with van der Waals surface area (Å²) in [6, 6.07) is 22.3. The quantitative estimate of drug-likeness (QED) is 0.348. The molecule has 0 bridgehead atoms. The minimum absolute atomic E-state index is 0.0285. The molecule has 168 valence electrons. The standard InChI is InChI=1S/C27H26N2O4/c1-4-32-24-12-10-23(11-13-24)29-27(30)22(17-28)15-21-9-14-25(26(16-21)31-3)33-18-20-7-5-19(2)6-8-20/h5-16H,4,18H2,1-3H3,(H,29,30)/b22-15+. The van der Waals surface area contributed by atoms with Gasteiger partial charge in [-0.25, -0.2) is 0 Å². The largest absolute Gasteiger partial charge is 0.494 e. The third kappa shape index (κ3) is 6.62. The van der Waals surface area contributed by atoms with Crippen LogP contribution in [0.3, 0.4) is 0 Å². The van der Waals surface area contributed by atoms with E-state index in [0.29, 0.717) is 41.7 Å². The average Bonchev–Trinajstić information content (AvgIpc) is 2.83. The van der Waals surface area contributed by atoms with Crippen molar-refractivity contribution < 1.29 is 19.0 Å². The third-order valence-electron chi connectivity index (χ3n) is 4.80. The summed E-state index contributed by atoms with van der Waals surface area (Å²) in [6.07, 6.45) is 1.51. The Labute approximate surface area is 194 Å². The van der Waals surface area contributed by atoms with Crippen LogP contribution in [0.15, 0.2) is 72.3 Å². The van der Waals surface area contributed by atoms with Crippen molar-refractivity contribution in [1.29, 1.82) is 5.26 Å². The summed E-state index contributed by atoms with van der Waals surface area (Å²) in [5.74, 6) is 1.30. The van der Waals surface area contributed by atoms with Crippen LogP contribution in [0, 0.1) is 18.3 Å². The van der Waals surface area contributed by atoms with E-state index in [1.807, 2.05) is 44.2 Å². The van der Waals surface area contributed by atoms with E-state index in [9.17, 15) is 10.1 Å². The molecule has 0 aliphatic rings. The van der Waals surface area contributed by atoms with Gasteiger partial charge in [-0.2, -0.15) is 5.26 Å². The highest BCUT2D eigenvalue weighted by Crippen LogP contribution is 2.30. The van der Waals surface area contributed by atoms with Crippen molar-refractivity contribution in [3.05, 3.63) is 89.0 Å². The first-order valence-corrected chi connectivity index (χ1v) is 10.5. The summed E-state index contributed by atoms with van der Waals surface area (Å²) in [5, 5.41) is 12.2. The van der Waals surface area contributed by atoms with Crippen LogP contribution in [0.4, 0.5) is 5.69 Å². The normalized spacial score (nSPS) is 10.8. The maximum absolute atomic E-state index is 12.6. The zero-order valence-electron chi connectivity index (χ0n) is 18.9. The number of carbonyl (C=O) groups excluding carboxylic acids is 1. The molecule has 3 aromatic carbocycles. The lowest BCUT2D eigenvalue weighted by Gasteiger charge is -2.12. The average molecular weight is 443 g/mol. The summed E-state index contributed by atoms with van der Waals surface area (Å²) in [7, 11) is 1.55. The third-order valence-corrected chi connectivity index (χ3v) is 4.80. The van der Waals surface area contributed by atoms with Crippen LogP contribution in [0.5, 0.6) is 17.2 Å². The van der Waals surface area contributed by atoms with Gasteiger partial charge in [0.05, 0.1) is 13.7 Å². The Morgan fingerprint density at radius 2 is 1.73 bits per heavy atom. The van der Waals surface area contributed by atoms with E-state index < -0.39 is 5.91 Å². The Morgan fingerprint density at radius 3 is 2.36 bits per heavy atom. The minimum Gasteiger partial charge on any atom is -0.494 e. The van der Waals surface area contributed by atoms with Gasteiger partial charge < -0.3 is 19.5 Å². The van der Waals surface area contributed by atoms with Crippen molar-refractivity contribution in [3.63, 3.8) is 0 Å². The lowest BCUT2D eigenvalue weighted by Crippen LogP contribution is -2.13. The van der Waals surface area contributed by atoms with Crippen LogP contribution in [0.25, 0.3) is 6.08 Å². The number of nitrogens with one attached hydrogen (secondary N) is 1. The van der Waals surface area contributed by atoms with Crippen LogP contribution >= 0.6 is 0 Å². The molecular weight excluding hydrogens is 416 g/mol. The molecular formula is C27H26N2O4. The number of rotatable bonds is 9. The molecule has 0 atom stereocenters. The predicted octanol–water partition coefficient (Wildman–Crippen LogP) is 5.53. The van der Waals surface area contributed by atoms with Crippen molar-refractivity contribution >= 4 is 17.7 Å². The van der Waals surface area contributed by atoms with Gasteiger partial charge in [-0.05, 0) is 67.4 Å². The molecule has 6 nitrogen and oxygen atoms in total. The number of nitriles is 1. The van der Waals surface area contributed by atoms with Crippen LogP contribution in [0.1, 0.15) is 23.6 Å². The summed E-state index contributed by atoms with van der Waals surface area (Å²) < 4.78 is 16.7. The maximum Gasteiger partial charge on any atom is 0.266 e. The van der Waals surface area contributed by atoms with Gasteiger partial charge in [0.25, 0.3) is 5.91 Å². The first kappa shape index (κ1) is 23.4. The molecule has 6 heteroatoms. The highest BCUT2D eigenvalue weighted by molar-refractivity contribution is 6.09. The molecule has 0 aliphatic carbocycles. The fourth-order valence-corrected chi connectivity index (χ4v) is 3.05. The van der Waals surface area contributed by atoms with E-state index in [2.05, 4.69) is 5.32 Å². The molecule has 0 fully saturated rings. The molecule has 3 rings (SSSR count). The molecule has 33 heavy (non-hydrogen) atoms. The first-order valence-electron chi connectivity index (χ1n) is 10.5. The summed E-state index contributed by atoms with van der Waals surface area (Å²) in [4.78, 5) is 12.6. The molecule has 0 aromatic heterocycles. The van der Waals surface area contributed by atoms with Crippen molar-refractivity contribution in [2.75, 3.05) is 19.0 Å². The van der Waals surface area contributed by atoms with Crippen LogP contribution in [0.2, 0.25) is 0 Å². The van der Waals surface area contributed by atoms with Gasteiger partial charge in [0.1, 0.15) is 24.0 Å². The Balaban J connectivity index is 1.71. The van der Waals surface area contributed by atoms with Crippen LogP contribution in [-0.2, 0) is 11.4 Å². The number of hydrogen-bond donors (Lipinski definition) is 1. The van der Waals surface area contributed by atoms with E-state index in [-0.39, 0.29) is 5.57 Å². The highest BCUT2D eigenvalue weighted by Gasteiger charge is 2.12. The molecule has 0 unspecified atom stereocenters. The smallest absolute Gasteiger partial charge is 0.266 e. The lowest BCUT2D eigenvalue weighted by atomic mass is 10.1. The van der Waals surface area contributed by atoms with Gasteiger partial charge in [0, 0.05) is 5.69 Å². The molecule has 3 aromatic rings. The Hall–Kier alpha value is -4.24. The molecule has 1 amide bonds. The Kier molecular flexibility index (Phi) is 8.09. The second-order valence-electron chi connectivity index (χ2n) is 7.27. The molecule has 1 N–H and O–H groups in total. The topological polar surface area (TPSA) is 80.6 Å². The van der Waals surface area contributed by atoms with Gasteiger partial charge in [0.2, 0.25) is 0 Å². The van der Waals surface area contributed by atoms with Gasteiger partial charge in [-0.3, -0.25) is 4.79 Å². The van der Waals surface area contributed by atoms with Gasteiger partial charge >= 0.3 is 0 Å². The summed E-state index contributed by atoms with van der Waals surface area (Å²) in [5.41, 5.74) is 3.42. The molecule has 0 aliphatic heterocycles. The number of aryl methyl sites for hydroxylation is 1. The molecule has 0 radical (unpaired) electrons. The SMILES string of the molecule is CCOc1ccc(NC(=O)/C(C#N)=C/c2ccc(OCc3ccc(C)cc3)c(OC)c2)cc1. The van der Waals surface area contributed by atoms with E-state index in [0.717, 1.165) is 5.56 Å². The first-order chi connectivity index (χ1) is 16.0. The van der Waals surface area contributed by atoms with E-state index in [1.54, 1.807) is 49.6 Å². The second-order valence-corrected chi connectivity index (χ2v) is 7.27. The zero-order chi connectivity index (χ0) is 23.6. The maximum atomic E-state index is 12.6. The summed E-state index contributed by atoms with van der Waals surface area (Å²) >= 11 is 0. The van der Waals surface area contributed by atoms with Crippen LogP contribution < -0.4 is 19.5 Å². The molecule has 0 heterocycles. The number of benzene rings is 3. The highest BCUT2D eigenvalue weighted by atomic mass is 16.5. The monoisotopic (exact) mass is 442 g/mol. The number of hydrogen-bond acceptors (Lipinski definition) is 5. The Bertz CT molecular complexity index is 1160. The van der Waals surface area contributed by atoms with Gasteiger partial charge in [-0.15, -0.1) is 0 Å². The fraction of sp³-hybridized carbons (Fsp3) is 0.185. The number of nitrogens with zero attached hydrogens (tertiary/aromatic N) is 1. The number of ether oxygens (including phenoxy) is 3. The number of amides is 1. The van der Waals surface area contributed by atoms with Gasteiger partial charge in [0.15, 0.2) is 11.5 Å². The number of anilines is 1. The van der Waals surface area contributed by atoms with E-state index in [4.69, 9.17) is 14.2 Å². The van der Waals surface area contributed by atoms with E-state index in [1.165, 1.54) is 11.6 Å². The summed E-state index contributed by atoms with van der Waals surface area (Å²) in [6.45, 7) is 4.90. The molecule has 0 saturated carbocycles. The Morgan fingerprint density at radius 1 is 1.00 bits per heavy atom. The fourth-order valence-electron chi connectivity index (χ4n) is 3.05. The molecule has 0 spiro atoms.